The first-order valence-electron chi connectivity index (χ1n) is 10.9. The van der Waals surface area contributed by atoms with Gasteiger partial charge in [0, 0.05) is 28.4 Å². The van der Waals surface area contributed by atoms with Crippen molar-refractivity contribution in [2.75, 3.05) is 18.1 Å². The fourth-order valence-electron chi connectivity index (χ4n) is 3.88. The number of amidine groups is 1. The lowest BCUT2D eigenvalue weighted by molar-refractivity contribution is -0.150. The van der Waals surface area contributed by atoms with Crippen LogP contribution in [0.4, 0.5) is 0 Å². The van der Waals surface area contributed by atoms with E-state index < -0.39 is 23.3 Å². The van der Waals surface area contributed by atoms with Crippen molar-refractivity contribution in [3.05, 3.63) is 63.9 Å². The molecule has 3 heterocycles. The fraction of sp³-hybridized carbons (Fsp3) is 0.304. The van der Waals surface area contributed by atoms with Crippen LogP contribution in [0, 0.1) is 0 Å². The number of thioether (sulfide) groups is 2. The van der Waals surface area contributed by atoms with Gasteiger partial charge in [0.2, 0.25) is 5.91 Å². The molecule has 0 aliphatic carbocycles. The SMILES string of the molecule is CC1N=C(N)C=CN1C/C=C/C1=C(C(=O)O)N2C(=O)[C@@H](NC(=O)CSc3cc(Cl)ccc3Cl)[C@H]2SC1. The van der Waals surface area contributed by atoms with Crippen molar-refractivity contribution in [3.63, 3.8) is 0 Å². The molecule has 4 N–H and O–H groups in total. The number of benzene rings is 1. The van der Waals surface area contributed by atoms with Gasteiger partial charge in [0.05, 0.1) is 10.8 Å². The number of hydrogen-bond donors (Lipinski definition) is 3. The normalized spacial score (nSPS) is 23.5. The fourth-order valence-corrected chi connectivity index (χ4v) is 6.50. The topological polar surface area (TPSA) is 128 Å². The van der Waals surface area contributed by atoms with Gasteiger partial charge in [-0.1, -0.05) is 35.4 Å². The number of nitrogens with zero attached hydrogens (tertiary/aromatic N) is 3. The van der Waals surface area contributed by atoms with E-state index in [4.69, 9.17) is 28.9 Å². The zero-order valence-electron chi connectivity index (χ0n) is 19.1. The molecule has 3 atom stereocenters. The number of carboxylic acids is 1. The molecule has 1 unspecified atom stereocenters. The lowest BCUT2D eigenvalue weighted by Crippen LogP contribution is -2.70. The number of carboxylic acid groups (broad SMARTS) is 1. The molecule has 0 aromatic heterocycles. The molecular formula is C23H23Cl2N5O4S2. The zero-order chi connectivity index (χ0) is 26.0. The van der Waals surface area contributed by atoms with Crippen LogP contribution in [0.5, 0.6) is 0 Å². The van der Waals surface area contributed by atoms with Crippen LogP contribution in [0.25, 0.3) is 0 Å². The van der Waals surface area contributed by atoms with Crippen LogP contribution in [0.2, 0.25) is 10.0 Å². The third kappa shape index (κ3) is 5.69. The summed E-state index contributed by atoms with van der Waals surface area (Å²) in [5, 5.41) is 13.1. The van der Waals surface area contributed by atoms with Crippen LogP contribution in [-0.2, 0) is 14.4 Å². The van der Waals surface area contributed by atoms with E-state index in [1.165, 1.54) is 28.4 Å². The first-order chi connectivity index (χ1) is 17.2. The van der Waals surface area contributed by atoms with Crippen molar-refractivity contribution in [1.82, 2.24) is 15.1 Å². The number of nitrogens with one attached hydrogen (secondary N) is 1. The summed E-state index contributed by atoms with van der Waals surface area (Å²) in [6.07, 6.45) is 6.96. The summed E-state index contributed by atoms with van der Waals surface area (Å²) in [7, 11) is 0. The molecule has 0 spiro atoms. The quantitative estimate of drug-likeness (QED) is 0.323. The van der Waals surface area contributed by atoms with Gasteiger partial charge in [0.25, 0.3) is 5.91 Å². The van der Waals surface area contributed by atoms with Crippen LogP contribution < -0.4 is 11.1 Å². The molecule has 1 aromatic rings. The van der Waals surface area contributed by atoms with E-state index in [9.17, 15) is 19.5 Å². The van der Waals surface area contributed by atoms with Gasteiger partial charge in [-0.05, 0) is 36.8 Å². The van der Waals surface area contributed by atoms with E-state index in [1.54, 1.807) is 30.4 Å². The number of amides is 2. The highest BCUT2D eigenvalue weighted by atomic mass is 35.5. The first-order valence-corrected chi connectivity index (χ1v) is 13.7. The highest BCUT2D eigenvalue weighted by molar-refractivity contribution is 8.00. The number of hydrogen-bond acceptors (Lipinski definition) is 8. The lowest BCUT2D eigenvalue weighted by atomic mass is 10.0. The number of aliphatic carboxylic acids is 1. The van der Waals surface area contributed by atoms with Crippen LogP contribution >= 0.6 is 46.7 Å². The smallest absolute Gasteiger partial charge is 0.352 e. The second kappa shape index (κ2) is 11.2. The van der Waals surface area contributed by atoms with Gasteiger partial charge in [-0.3, -0.25) is 14.5 Å². The van der Waals surface area contributed by atoms with E-state index in [0.29, 0.717) is 38.6 Å². The Morgan fingerprint density at radius 3 is 2.89 bits per heavy atom. The van der Waals surface area contributed by atoms with E-state index in [1.807, 2.05) is 24.1 Å². The minimum absolute atomic E-state index is 0.0376. The van der Waals surface area contributed by atoms with E-state index in [-0.39, 0.29) is 23.5 Å². The van der Waals surface area contributed by atoms with E-state index in [2.05, 4.69) is 10.3 Å². The highest BCUT2D eigenvalue weighted by Crippen LogP contribution is 2.40. The maximum absolute atomic E-state index is 12.8. The summed E-state index contributed by atoms with van der Waals surface area (Å²) < 4.78 is 0. The van der Waals surface area contributed by atoms with Crippen molar-refractivity contribution in [1.29, 1.82) is 0 Å². The molecule has 0 bridgehead atoms. The Kier molecular flexibility index (Phi) is 8.23. The summed E-state index contributed by atoms with van der Waals surface area (Å²) in [5.74, 6) is -1.11. The monoisotopic (exact) mass is 567 g/mol. The molecular weight excluding hydrogens is 545 g/mol. The summed E-state index contributed by atoms with van der Waals surface area (Å²) in [5.41, 5.74) is 6.17. The van der Waals surface area contributed by atoms with Crippen LogP contribution in [-0.4, -0.2) is 74.2 Å². The van der Waals surface area contributed by atoms with Crippen LogP contribution in [0.1, 0.15) is 6.92 Å². The number of halogens is 2. The number of allylic oxidation sites excluding steroid dienone is 1. The molecule has 1 saturated heterocycles. The standard InChI is InChI=1S/C23H23Cl2N5O4S2/c1-12-27-17(26)6-8-29(12)7-2-3-13-10-36-22-19(21(32)30(22)20(13)23(33)34)28-18(31)11-35-16-9-14(24)4-5-15(16)25/h2-6,8-9,12,19,22H,7,10-11H2,1H3,(H2,26,27)(H,28,31)(H,33,34)/b3-2+/t12?,19-,22-/m1/s1. The van der Waals surface area contributed by atoms with Gasteiger partial charge < -0.3 is 21.1 Å². The van der Waals surface area contributed by atoms with E-state index in [0.717, 1.165) is 0 Å². The molecule has 0 radical (unpaired) electrons. The first kappa shape index (κ1) is 26.5. The second-order valence-electron chi connectivity index (χ2n) is 8.10. The van der Waals surface area contributed by atoms with Crippen molar-refractivity contribution in [2.45, 2.75) is 29.4 Å². The Bertz CT molecular complexity index is 1220. The Labute approximate surface area is 226 Å². The van der Waals surface area contributed by atoms with Crippen molar-refractivity contribution >= 4 is 70.3 Å². The van der Waals surface area contributed by atoms with Gasteiger partial charge in [0.15, 0.2) is 0 Å². The third-order valence-electron chi connectivity index (χ3n) is 5.66. The van der Waals surface area contributed by atoms with Gasteiger partial charge in [-0.15, -0.1) is 23.5 Å². The Balaban J connectivity index is 1.38. The predicted octanol–water partition coefficient (Wildman–Crippen LogP) is 2.91. The average molecular weight is 569 g/mol. The average Bonchev–Trinajstić information content (AvgIpc) is 2.83. The largest absolute Gasteiger partial charge is 0.477 e. The number of carbonyl (C=O) groups excluding carboxylic acids is 2. The minimum Gasteiger partial charge on any atom is -0.477 e. The number of aliphatic imine (C=N–C) groups is 1. The molecule has 1 fully saturated rings. The Morgan fingerprint density at radius 1 is 1.39 bits per heavy atom. The molecule has 2 amide bonds. The summed E-state index contributed by atoms with van der Waals surface area (Å²) in [6, 6.07) is 4.18. The van der Waals surface area contributed by atoms with Gasteiger partial charge in [-0.2, -0.15) is 0 Å². The van der Waals surface area contributed by atoms with E-state index >= 15 is 0 Å². The molecule has 0 saturated carbocycles. The van der Waals surface area contributed by atoms with Gasteiger partial charge >= 0.3 is 5.97 Å². The summed E-state index contributed by atoms with van der Waals surface area (Å²) in [6.45, 7) is 2.41. The zero-order valence-corrected chi connectivity index (χ0v) is 22.2. The second-order valence-corrected chi connectivity index (χ2v) is 11.1. The molecule has 190 valence electrons. The highest BCUT2D eigenvalue weighted by Gasteiger charge is 2.53. The molecule has 36 heavy (non-hydrogen) atoms. The number of rotatable bonds is 8. The number of carbonyl (C=O) groups is 3. The molecule has 9 nitrogen and oxygen atoms in total. The molecule has 3 aliphatic rings. The minimum atomic E-state index is -1.19. The van der Waals surface area contributed by atoms with Gasteiger partial charge in [-0.25, -0.2) is 9.79 Å². The molecule has 13 heteroatoms. The predicted molar refractivity (Wildman–Crippen MR) is 143 cm³/mol. The molecule has 4 rings (SSSR count). The molecule has 3 aliphatic heterocycles. The summed E-state index contributed by atoms with van der Waals surface area (Å²) >= 11 is 14.7. The molecule has 1 aromatic carbocycles. The number of fused-ring (bicyclic) bond motifs is 1. The number of nitrogens with two attached hydrogens (primary N) is 1. The maximum atomic E-state index is 12.8. The maximum Gasteiger partial charge on any atom is 0.352 e. The Hall–Kier alpha value is -2.60. The van der Waals surface area contributed by atoms with Crippen molar-refractivity contribution in [2.24, 2.45) is 10.7 Å². The van der Waals surface area contributed by atoms with Crippen LogP contribution in [0.15, 0.2) is 63.8 Å². The lowest BCUT2D eigenvalue weighted by Gasteiger charge is -2.49. The Morgan fingerprint density at radius 2 is 2.17 bits per heavy atom. The summed E-state index contributed by atoms with van der Waals surface area (Å²) in [4.78, 5) is 45.5. The van der Waals surface area contributed by atoms with Gasteiger partial charge in [0.1, 0.15) is 29.1 Å². The number of β-lactam (4-membered cyclic amide) rings is 1. The van der Waals surface area contributed by atoms with Crippen molar-refractivity contribution in [3.8, 4) is 0 Å². The van der Waals surface area contributed by atoms with Crippen molar-refractivity contribution < 1.29 is 19.5 Å². The van der Waals surface area contributed by atoms with Crippen LogP contribution in [0.3, 0.4) is 0 Å². The third-order valence-corrected chi connectivity index (χ3v) is 8.69.